The van der Waals surface area contributed by atoms with Gasteiger partial charge in [0.15, 0.2) is 0 Å². The number of nitrogens with zero attached hydrogens (tertiary/aromatic N) is 1. The van der Waals surface area contributed by atoms with Crippen LogP contribution in [-0.4, -0.2) is 26.0 Å². The van der Waals surface area contributed by atoms with E-state index < -0.39 is 23.9 Å². The molecule has 0 heterocycles. The molecule has 0 amide bonds. The summed E-state index contributed by atoms with van der Waals surface area (Å²) in [6.07, 6.45) is 0.347. The number of hydrogen-bond acceptors (Lipinski definition) is 5. The van der Waals surface area contributed by atoms with Gasteiger partial charge in [-0.2, -0.15) is 14.0 Å². The Morgan fingerprint density at radius 2 is 2.17 bits per heavy atom. The standard InChI is InChI=1S/C11H7F2NO4/c1-17-10(16)9-7(4-14)2-6(5-15)3-8(9)18-11(12)13/h2-3,5,11H,1H3. The average molecular weight is 255 g/mol. The van der Waals surface area contributed by atoms with Gasteiger partial charge in [-0.05, 0) is 12.1 Å². The summed E-state index contributed by atoms with van der Waals surface area (Å²) in [4.78, 5) is 22.0. The maximum Gasteiger partial charge on any atom is 0.387 e. The molecule has 0 atom stereocenters. The van der Waals surface area contributed by atoms with Crippen molar-refractivity contribution in [2.24, 2.45) is 0 Å². The van der Waals surface area contributed by atoms with Crippen molar-refractivity contribution in [1.82, 2.24) is 0 Å². The maximum absolute atomic E-state index is 12.2. The molecule has 0 N–H and O–H groups in total. The lowest BCUT2D eigenvalue weighted by Gasteiger charge is -2.11. The van der Waals surface area contributed by atoms with E-state index in [-0.39, 0.29) is 11.1 Å². The van der Waals surface area contributed by atoms with E-state index in [9.17, 15) is 18.4 Å². The van der Waals surface area contributed by atoms with Gasteiger partial charge in [-0.1, -0.05) is 0 Å². The fraction of sp³-hybridized carbons (Fsp3) is 0.182. The first-order valence-electron chi connectivity index (χ1n) is 4.60. The van der Waals surface area contributed by atoms with Gasteiger partial charge in [0.1, 0.15) is 23.7 Å². The summed E-state index contributed by atoms with van der Waals surface area (Å²) in [5, 5.41) is 8.82. The van der Waals surface area contributed by atoms with E-state index in [1.165, 1.54) is 0 Å². The van der Waals surface area contributed by atoms with Crippen LogP contribution < -0.4 is 4.74 Å². The van der Waals surface area contributed by atoms with Crippen LogP contribution >= 0.6 is 0 Å². The molecule has 0 aliphatic rings. The number of nitriles is 1. The molecule has 1 aromatic carbocycles. The van der Waals surface area contributed by atoms with Crippen LogP contribution in [0, 0.1) is 11.3 Å². The van der Waals surface area contributed by atoms with E-state index in [0.29, 0.717) is 6.29 Å². The van der Waals surface area contributed by atoms with Gasteiger partial charge in [-0.25, -0.2) is 4.79 Å². The van der Waals surface area contributed by atoms with Crippen molar-refractivity contribution in [3.63, 3.8) is 0 Å². The number of carbonyl (C=O) groups excluding carboxylic acids is 2. The van der Waals surface area contributed by atoms with Crippen molar-refractivity contribution in [1.29, 1.82) is 5.26 Å². The monoisotopic (exact) mass is 255 g/mol. The third-order valence-electron chi connectivity index (χ3n) is 1.99. The predicted octanol–water partition coefficient (Wildman–Crippen LogP) is 1.76. The van der Waals surface area contributed by atoms with Gasteiger partial charge in [0, 0.05) is 5.56 Å². The lowest BCUT2D eigenvalue weighted by atomic mass is 10.0. The molecule has 1 rings (SSSR count). The maximum atomic E-state index is 12.2. The molecule has 0 saturated heterocycles. The number of methoxy groups -OCH3 is 1. The number of rotatable bonds is 4. The quantitative estimate of drug-likeness (QED) is 0.605. The topological polar surface area (TPSA) is 76.4 Å². The van der Waals surface area contributed by atoms with Crippen molar-refractivity contribution < 1.29 is 27.8 Å². The van der Waals surface area contributed by atoms with Crippen LogP contribution in [0.2, 0.25) is 0 Å². The molecule has 0 unspecified atom stereocenters. The minimum Gasteiger partial charge on any atom is -0.465 e. The van der Waals surface area contributed by atoms with Crippen molar-refractivity contribution in [3.8, 4) is 11.8 Å². The van der Waals surface area contributed by atoms with Crippen LogP contribution in [0.15, 0.2) is 12.1 Å². The van der Waals surface area contributed by atoms with Gasteiger partial charge < -0.3 is 9.47 Å². The van der Waals surface area contributed by atoms with Crippen LogP contribution in [0.5, 0.6) is 5.75 Å². The lowest BCUT2D eigenvalue weighted by molar-refractivity contribution is -0.0504. The molecule has 0 radical (unpaired) electrons. The van der Waals surface area contributed by atoms with Crippen LogP contribution in [0.3, 0.4) is 0 Å². The van der Waals surface area contributed by atoms with E-state index in [2.05, 4.69) is 9.47 Å². The molecular formula is C11H7F2NO4. The first-order chi connectivity index (χ1) is 8.53. The number of esters is 1. The Balaban J connectivity index is 3.47. The minimum atomic E-state index is -3.19. The highest BCUT2D eigenvalue weighted by Gasteiger charge is 2.22. The molecule has 1 aromatic rings. The normalized spacial score (nSPS) is 9.72. The van der Waals surface area contributed by atoms with Gasteiger partial charge in [-0.3, -0.25) is 4.79 Å². The molecule has 5 nitrogen and oxygen atoms in total. The number of ether oxygens (including phenoxy) is 2. The number of benzene rings is 1. The summed E-state index contributed by atoms with van der Waals surface area (Å²) < 4.78 is 32.9. The number of alkyl halides is 2. The highest BCUT2D eigenvalue weighted by molar-refractivity contribution is 5.96. The molecule has 0 fully saturated rings. The van der Waals surface area contributed by atoms with E-state index in [1.54, 1.807) is 6.07 Å². The lowest BCUT2D eigenvalue weighted by Crippen LogP contribution is -2.11. The SMILES string of the molecule is COC(=O)c1c(C#N)cc(C=O)cc1OC(F)F. The first kappa shape index (κ1) is 13.6. The fourth-order valence-corrected chi connectivity index (χ4v) is 1.29. The molecule has 0 bridgehead atoms. The van der Waals surface area contributed by atoms with E-state index in [0.717, 1.165) is 19.2 Å². The minimum absolute atomic E-state index is 0.0603. The van der Waals surface area contributed by atoms with Gasteiger partial charge >= 0.3 is 12.6 Å². The number of aldehydes is 1. The van der Waals surface area contributed by atoms with Crippen molar-refractivity contribution in [2.75, 3.05) is 7.11 Å². The molecule has 0 spiro atoms. The fourth-order valence-electron chi connectivity index (χ4n) is 1.29. The van der Waals surface area contributed by atoms with Gasteiger partial charge in [0.05, 0.1) is 12.7 Å². The summed E-state index contributed by atoms with van der Waals surface area (Å²) in [7, 11) is 1.03. The molecule has 0 aliphatic heterocycles. The zero-order valence-corrected chi connectivity index (χ0v) is 9.15. The zero-order valence-electron chi connectivity index (χ0n) is 9.15. The summed E-state index contributed by atoms with van der Waals surface area (Å²) in [6, 6.07) is 3.63. The molecular weight excluding hydrogens is 248 g/mol. The van der Waals surface area contributed by atoms with Crippen molar-refractivity contribution >= 4 is 12.3 Å². The Morgan fingerprint density at radius 3 is 2.61 bits per heavy atom. The molecule has 7 heteroatoms. The summed E-state index contributed by atoms with van der Waals surface area (Å²) in [5.41, 5.74) is -0.775. The Morgan fingerprint density at radius 1 is 1.50 bits per heavy atom. The third kappa shape index (κ3) is 2.79. The third-order valence-corrected chi connectivity index (χ3v) is 1.99. The van der Waals surface area contributed by atoms with Gasteiger partial charge in [0.2, 0.25) is 0 Å². The zero-order chi connectivity index (χ0) is 13.7. The molecule has 94 valence electrons. The van der Waals surface area contributed by atoms with Crippen molar-refractivity contribution in [2.45, 2.75) is 6.61 Å². The number of halogens is 2. The Bertz CT molecular complexity index is 523. The highest BCUT2D eigenvalue weighted by atomic mass is 19.3. The van der Waals surface area contributed by atoms with Crippen molar-refractivity contribution in [3.05, 3.63) is 28.8 Å². The Kier molecular flexibility index (Phi) is 4.32. The summed E-state index contributed by atoms with van der Waals surface area (Å²) in [5.74, 6) is -1.57. The molecule has 0 saturated carbocycles. The molecule has 0 aliphatic carbocycles. The van der Waals surface area contributed by atoms with Crippen LogP contribution in [0.4, 0.5) is 8.78 Å². The first-order valence-corrected chi connectivity index (χ1v) is 4.60. The smallest absolute Gasteiger partial charge is 0.387 e. The predicted molar refractivity (Wildman–Crippen MR) is 54.5 cm³/mol. The summed E-state index contributed by atoms with van der Waals surface area (Å²) >= 11 is 0. The largest absolute Gasteiger partial charge is 0.465 e. The second kappa shape index (κ2) is 5.72. The number of carbonyl (C=O) groups is 2. The Labute approximate surface area is 101 Å². The number of hydrogen-bond donors (Lipinski definition) is 0. The molecule has 0 aromatic heterocycles. The Hall–Kier alpha value is -2.49. The van der Waals surface area contributed by atoms with Gasteiger partial charge in [-0.15, -0.1) is 0 Å². The van der Waals surface area contributed by atoms with Gasteiger partial charge in [0.25, 0.3) is 0 Å². The van der Waals surface area contributed by atoms with E-state index in [4.69, 9.17) is 5.26 Å². The summed E-state index contributed by atoms with van der Waals surface area (Å²) in [6.45, 7) is -3.19. The molecule has 18 heavy (non-hydrogen) atoms. The second-order valence-corrected chi connectivity index (χ2v) is 3.04. The van der Waals surface area contributed by atoms with E-state index >= 15 is 0 Å². The average Bonchev–Trinajstić information content (AvgIpc) is 2.36. The second-order valence-electron chi connectivity index (χ2n) is 3.04. The van der Waals surface area contributed by atoms with Crippen LogP contribution in [-0.2, 0) is 4.74 Å². The van der Waals surface area contributed by atoms with Crippen LogP contribution in [0.1, 0.15) is 26.3 Å². The highest BCUT2D eigenvalue weighted by Crippen LogP contribution is 2.26. The van der Waals surface area contributed by atoms with Crippen LogP contribution in [0.25, 0.3) is 0 Å². The van der Waals surface area contributed by atoms with E-state index in [1.807, 2.05) is 0 Å².